The van der Waals surface area contributed by atoms with Crippen LogP contribution in [0.15, 0.2) is 0 Å². The van der Waals surface area contributed by atoms with Crippen LogP contribution in [0.1, 0.15) is 26.7 Å². The fraction of sp³-hybridized carbons (Fsp3) is 0.944. The van der Waals surface area contributed by atoms with Crippen molar-refractivity contribution in [3.63, 3.8) is 0 Å². The van der Waals surface area contributed by atoms with Gasteiger partial charge in [0.25, 0.3) is 0 Å². The maximum atomic E-state index is 11.1. The van der Waals surface area contributed by atoms with E-state index in [-0.39, 0.29) is 5.97 Å². The molecule has 0 aromatic rings. The number of rotatable bonds is 21. The lowest BCUT2D eigenvalue weighted by atomic mass is 10.3. The molecule has 0 rings (SSSR count). The van der Waals surface area contributed by atoms with Crippen LogP contribution in [0.25, 0.3) is 0 Å². The highest BCUT2D eigenvalue weighted by atomic mass is 16.6. The summed E-state index contributed by atoms with van der Waals surface area (Å²) in [7, 11) is 0. The van der Waals surface area contributed by atoms with Gasteiger partial charge in [-0.15, -0.1) is 0 Å². The first kappa shape index (κ1) is 25.2. The number of hydrogen-bond acceptors (Lipinski definition) is 8. The Labute approximate surface area is 157 Å². The van der Waals surface area contributed by atoms with Crippen molar-refractivity contribution < 1.29 is 38.0 Å². The van der Waals surface area contributed by atoms with Gasteiger partial charge in [0, 0.05) is 13.0 Å². The van der Waals surface area contributed by atoms with Crippen LogP contribution in [0.3, 0.4) is 0 Å². The van der Waals surface area contributed by atoms with Crippen LogP contribution >= 0.6 is 0 Å². The number of hydrogen-bond donors (Lipinski definition) is 0. The standard InChI is InChI=1S/C18H36O8/c1-3-5-18(19)26-17-16-25-15-14-24-13-12-23-11-10-22-9-8-21-7-6-20-4-2/h3-17H2,1-2H3. The Morgan fingerprint density at radius 2 is 0.885 bits per heavy atom. The molecule has 0 atom stereocenters. The average Bonchev–Trinajstić information content (AvgIpc) is 2.64. The van der Waals surface area contributed by atoms with E-state index in [1.807, 2.05) is 13.8 Å². The van der Waals surface area contributed by atoms with Crippen LogP contribution in [-0.4, -0.2) is 91.9 Å². The Kier molecular flexibility index (Phi) is 21.6. The van der Waals surface area contributed by atoms with Crippen molar-refractivity contribution >= 4 is 5.97 Å². The van der Waals surface area contributed by atoms with Gasteiger partial charge in [-0.3, -0.25) is 4.79 Å². The molecule has 8 heteroatoms. The molecule has 156 valence electrons. The Bertz CT molecular complexity index is 288. The monoisotopic (exact) mass is 380 g/mol. The Morgan fingerprint density at radius 1 is 0.538 bits per heavy atom. The molecule has 0 N–H and O–H groups in total. The Balaban J connectivity index is 3.02. The fourth-order valence-electron chi connectivity index (χ4n) is 1.73. The predicted octanol–water partition coefficient (Wildman–Crippen LogP) is 1.45. The molecule has 0 heterocycles. The number of carbonyl (C=O) groups is 1. The molecule has 26 heavy (non-hydrogen) atoms. The summed E-state index contributed by atoms with van der Waals surface area (Å²) in [5.74, 6) is -0.178. The van der Waals surface area contributed by atoms with E-state index in [2.05, 4.69) is 0 Å². The van der Waals surface area contributed by atoms with Crippen molar-refractivity contribution in [3.8, 4) is 0 Å². The third-order valence-electron chi connectivity index (χ3n) is 3.01. The molecule has 0 saturated heterocycles. The van der Waals surface area contributed by atoms with Gasteiger partial charge in [0.15, 0.2) is 0 Å². The second kappa shape index (κ2) is 22.3. The SMILES string of the molecule is CCCC(=O)OCCOCCOCCOCCOCCOCCOCC. The third-order valence-corrected chi connectivity index (χ3v) is 3.01. The van der Waals surface area contributed by atoms with E-state index in [4.69, 9.17) is 33.2 Å². The lowest BCUT2D eigenvalue weighted by molar-refractivity contribution is -0.145. The smallest absolute Gasteiger partial charge is 0.305 e. The molecule has 0 unspecified atom stereocenters. The number of esters is 1. The van der Waals surface area contributed by atoms with Crippen molar-refractivity contribution in [2.24, 2.45) is 0 Å². The van der Waals surface area contributed by atoms with Crippen LogP contribution < -0.4 is 0 Å². The number of carbonyl (C=O) groups excluding carboxylic acids is 1. The van der Waals surface area contributed by atoms with Crippen LogP contribution in [0.5, 0.6) is 0 Å². The topological polar surface area (TPSA) is 81.7 Å². The van der Waals surface area contributed by atoms with Crippen molar-refractivity contribution in [1.29, 1.82) is 0 Å². The molecular weight excluding hydrogens is 344 g/mol. The largest absolute Gasteiger partial charge is 0.463 e. The summed E-state index contributed by atoms with van der Waals surface area (Å²) in [6, 6.07) is 0. The first-order chi connectivity index (χ1) is 12.8. The van der Waals surface area contributed by atoms with Gasteiger partial charge in [-0.05, 0) is 13.3 Å². The van der Waals surface area contributed by atoms with Gasteiger partial charge in [-0.2, -0.15) is 0 Å². The molecule has 0 aromatic carbocycles. The zero-order valence-corrected chi connectivity index (χ0v) is 16.4. The summed E-state index contributed by atoms with van der Waals surface area (Å²) < 4.78 is 36.8. The second-order valence-electron chi connectivity index (χ2n) is 5.23. The molecule has 0 aliphatic carbocycles. The summed E-state index contributed by atoms with van der Waals surface area (Å²) in [5, 5.41) is 0. The van der Waals surface area contributed by atoms with Gasteiger partial charge < -0.3 is 33.2 Å². The third kappa shape index (κ3) is 21.3. The van der Waals surface area contributed by atoms with Gasteiger partial charge >= 0.3 is 5.97 Å². The van der Waals surface area contributed by atoms with Crippen LogP contribution in [0, 0.1) is 0 Å². The van der Waals surface area contributed by atoms with Crippen molar-refractivity contribution in [2.45, 2.75) is 26.7 Å². The molecular formula is C18H36O8. The quantitative estimate of drug-likeness (QED) is 0.219. The second-order valence-corrected chi connectivity index (χ2v) is 5.23. The van der Waals surface area contributed by atoms with Crippen molar-refractivity contribution in [1.82, 2.24) is 0 Å². The van der Waals surface area contributed by atoms with Gasteiger partial charge in [0.1, 0.15) is 6.61 Å². The molecule has 0 aliphatic heterocycles. The Hall–Kier alpha value is -0.770. The summed E-state index contributed by atoms with van der Waals surface area (Å²) in [6.45, 7) is 10.7. The predicted molar refractivity (Wildman–Crippen MR) is 96.5 cm³/mol. The molecule has 0 spiro atoms. The van der Waals surface area contributed by atoms with E-state index in [0.717, 1.165) is 6.42 Å². The minimum Gasteiger partial charge on any atom is -0.463 e. The van der Waals surface area contributed by atoms with Gasteiger partial charge in [-0.25, -0.2) is 0 Å². The molecule has 8 nitrogen and oxygen atoms in total. The van der Waals surface area contributed by atoms with Crippen molar-refractivity contribution in [2.75, 3.05) is 85.9 Å². The summed E-state index contributed by atoms with van der Waals surface area (Å²) in [4.78, 5) is 11.1. The highest BCUT2D eigenvalue weighted by molar-refractivity contribution is 5.69. The highest BCUT2D eigenvalue weighted by Crippen LogP contribution is 1.91. The van der Waals surface area contributed by atoms with Crippen LogP contribution in [-0.2, 0) is 38.0 Å². The maximum Gasteiger partial charge on any atom is 0.305 e. The van der Waals surface area contributed by atoms with E-state index < -0.39 is 0 Å². The molecule has 0 amide bonds. The van der Waals surface area contributed by atoms with Gasteiger partial charge in [0.2, 0.25) is 0 Å². The van der Waals surface area contributed by atoms with E-state index >= 15 is 0 Å². The van der Waals surface area contributed by atoms with Gasteiger partial charge in [0.05, 0.1) is 72.7 Å². The van der Waals surface area contributed by atoms with Gasteiger partial charge in [-0.1, -0.05) is 6.92 Å². The molecule has 0 bridgehead atoms. The first-order valence-corrected chi connectivity index (χ1v) is 9.43. The zero-order chi connectivity index (χ0) is 19.1. The zero-order valence-electron chi connectivity index (χ0n) is 16.4. The Morgan fingerprint density at radius 3 is 1.23 bits per heavy atom. The lowest BCUT2D eigenvalue weighted by Gasteiger charge is -2.08. The van der Waals surface area contributed by atoms with Crippen LogP contribution in [0.4, 0.5) is 0 Å². The average molecular weight is 380 g/mol. The van der Waals surface area contributed by atoms with E-state index in [9.17, 15) is 4.79 Å². The summed E-state index contributed by atoms with van der Waals surface area (Å²) in [6.07, 6.45) is 1.25. The first-order valence-electron chi connectivity index (χ1n) is 9.43. The summed E-state index contributed by atoms with van der Waals surface area (Å²) in [5.41, 5.74) is 0. The lowest BCUT2D eigenvalue weighted by Crippen LogP contribution is -2.15. The van der Waals surface area contributed by atoms with E-state index in [1.54, 1.807) is 0 Å². The fourth-order valence-corrected chi connectivity index (χ4v) is 1.73. The minimum absolute atomic E-state index is 0.178. The van der Waals surface area contributed by atoms with E-state index in [1.165, 1.54) is 0 Å². The summed E-state index contributed by atoms with van der Waals surface area (Å²) >= 11 is 0. The normalized spacial score (nSPS) is 11.0. The molecule has 0 aliphatic rings. The molecule has 0 fully saturated rings. The minimum atomic E-state index is -0.178. The van der Waals surface area contributed by atoms with E-state index in [0.29, 0.717) is 92.3 Å². The molecule has 0 aromatic heterocycles. The molecule has 0 radical (unpaired) electrons. The maximum absolute atomic E-state index is 11.1. The van der Waals surface area contributed by atoms with Crippen molar-refractivity contribution in [3.05, 3.63) is 0 Å². The van der Waals surface area contributed by atoms with Crippen LogP contribution in [0.2, 0.25) is 0 Å². The highest BCUT2D eigenvalue weighted by Gasteiger charge is 1.99. The molecule has 0 saturated carbocycles. The number of ether oxygens (including phenoxy) is 7.